The van der Waals surface area contributed by atoms with E-state index in [4.69, 9.17) is 5.10 Å². The second kappa shape index (κ2) is 5.84. The van der Waals surface area contributed by atoms with Gasteiger partial charge in [-0.25, -0.2) is 9.37 Å². The van der Waals surface area contributed by atoms with Gasteiger partial charge in [0.15, 0.2) is 5.60 Å². The molecule has 2 aliphatic rings. The van der Waals surface area contributed by atoms with Gasteiger partial charge in [0.05, 0.1) is 18.0 Å². The summed E-state index contributed by atoms with van der Waals surface area (Å²) in [4.78, 5) is 16.4. The summed E-state index contributed by atoms with van der Waals surface area (Å²) in [6.45, 7) is 1.40. The number of anilines is 1. The summed E-state index contributed by atoms with van der Waals surface area (Å²) in [7, 11) is 0. The lowest BCUT2D eigenvalue weighted by molar-refractivity contribution is -0.131. The quantitative estimate of drug-likeness (QED) is 0.714. The molecule has 0 unspecified atom stereocenters. The molecule has 7 nitrogen and oxygen atoms in total. The van der Waals surface area contributed by atoms with Gasteiger partial charge in [0.1, 0.15) is 22.8 Å². The third kappa shape index (κ3) is 2.28. The Morgan fingerprint density at radius 2 is 2.17 bits per heavy atom. The van der Waals surface area contributed by atoms with Crippen LogP contribution < -0.4 is 5.32 Å². The van der Waals surface area contributed by atoms with Crippen molar-refractivity contribution in [3.05, 3.63) is 41.8 Å². The first-order chi connectivity index (χ1) is 13.9. The molecule has 2 aromatic heterocycles. The molecule has 1 aromatic carbocycles. The number of amides is 1. The molecular formula is C21H18FN5O2. The van der Waals surface area contributed by atoms with E-state index in [0.29, 0.717) is 27.7 Å². The Labute approximate surface area is 165 Å². The highest BCUT2D eigenvalue weighted by Gasteiger charge is 2.45. The van der Waals surface area contributed by atoms with Crippen molar-refractivity contribution in [3.8, 4) is 17.3 Å². The predicted molar refractivity (Wildman–Crippen MR) is 103 cm³/mol. The maximum atomic E-state index is 14.9. The summed E-state index contributed by atoms with van der Waals surface area (Å²) in [6.07, 6.45) is 4.21. The molecule has 1 atom stereocenters. The van der Waals surface area contributed by atoms with Crippen LogP contribution in [0.5, 0.6) is 0 Å². The molecule has 3 heterocycles. The largest absolute Gasteiger partial charge is 0.375 e. The van der Waals surface area contributed by atoms with Crippen LogP contribution in [0.25, 0.3) is 22.2 Å². The number of nitriles is 1. The van der Waals surface area contributed by atoms with Gasteiger partial charge in [-0.15, -0.1) is 0 Å². The number of fused-ring (bicyclic) bond motifs is 2. The molecule has 3 aromatic rings. The Hall–Kier alpha value is -3.31. The number of para-hydroxylation sites is 1. The topological polar surface area (TPSA) is 104 Å². The smallest absolute Gasteiger partial charge is 0.262 e. The number of rotatable bonds is 3. The first-order valence-corrected chi connectivity index (χ1v) is 9.47. The molecule has 146 valence electrons. The summed E-state index contributed by atoms with van der Waals surface area (Å²) in [5, 5.41) is 28.0. The number of carbonyl (C=O) groups is 1. The lowest BCUT2D eigenvalue weighted by Crippen LogP contribution is -2.41. The van der Waals surface area contributed by atoms with Crippen molar-refractivity contribution in [3.63, 3.8) is 0 Å². The fraction of sp³-hybridized carbons (Fsp3) is 0.333. The molecule has 2 N–H and O–H groups in total. The van der Waals surface area contributed by atoms with Crippen molar-refractivity contribution in [2.75, 3.05) is 5.32 Å². The minimum atomic E-state index is -1.77. The van der Waals surface area contributed by atoms with Crippen molar-refractivity contribution in [2.45, 2.75) is 43.7 Å². The lowest BCUT2D eigenvalue weighted by Gasteiger charge is -2.40. The second-order valence-electron chi connectivity index (χ2n) is 7.92. The molecule has 8 heteroatoms. The van der Waals surface area contributed by atoms with Crippen molar-refractivity contribution >= 4 is 22.6 Å². The first-order valence-electron chi connectivity index (χ1n) is 9.47. The van der Waals surface area contributed by atoms with E-state index in [0.717, 1.165) is 19.3 Å². The Balaban J connectivity index is 1.82. The highest BCUT2D eigenvalue weighted by molar-refractivity contribution is 6.07. The minimum absolute atomic E-state index is 0.240. The summed E-state index contributed by atoms with van der Waals surface area (Å²) in [6, 6.07) is 8.63. The molecular weight excluding hydrogens is 373 g/mol. The summed E-state index contributed by atoms with van der Waals surface area (Å²) >= 11 is 0. The molecule has 29 heavy (non-hydrogen) atoms. The summed E-state index contributed by atoms with van der Waals surface area (Å²) in [5.74, 6) is -0.716. The van der Waals surface area contributed by atoms with Crippen LogP contribution in [0.3, 0.4) is 0 Å². The zero-order valence-electron chi connectivity index (χ0n) is 15.7. The Morgan fingerprint density at radius 1 is 1.38 bits per heavy atom. The van der Waals surface area contributed by atoms with E-state index in [-0.39, 0.29) is 12.2 Å². The zero-order chi connectivity index (χ0) is 20.4. The van der Waals surface area contributed by atoms with E-state index in [2.05, 4.69) is 16.4 Å². The Bertz CT molecular complexity index is 1220. The highest BCUT2D eigenvalue weighted by atomic mass is 19.1. The molecule has 1 aliphatic carbocycles. The maximum absolute atomic E-state index is 14.9. The van der Waals surface area contributed by atoms with Gasteiger partial charge in [-0.3, -0.25) is 9.48 Å². The lowest BCUT2D eigenvalue weighted by atomic mass is 9.74. The number of nitrogens with zero attached hydrogens (tertiary/aromatic N) is 4. The van der Waals surface area contributed by atoms with Crippen molar-refractivity contribution in [2.24, 2.45) is 0 Å². The molecule has 0 radical (unpaired) electrons. The number of halogens is 1. The van der Waals surface area contributed by atoms with Gasteiger partial charge in [0.2, 0.25) is 0 Å². The third-order valence-corrected chi connectivity index (χ3v) is 6.16. The average Bonchev–Trinajstić information content (AvgIpc) is 3.15. The van der Waals surface area contributed by atoms with Crippen LogP contribution in [-0.4, -0.2) is 25.8 Å². The normalized spacial score (nSPS) is 22.1. The van der Waals surface area contributed by atoms with E-state index in [1.165, 1.54) is 19.2 Å². The van der Waals surface area contributed by atoms with Gasteiger partial charge >= 0.3 is 0 Å². The molecule has 0 bridgehead atoms. The van der Waals surface area contributed by atoms with E-state index in [1.54, 1.807) is 22.9 Å². The maximum Gasteiger partial charge on any atom is 0.262 e. The number of hydrogen-bond acceptors (Lipinski definition) is 5. The van der Waals surface area contributed by atoms with Crippen LogP contribution in [0, 0.1) is 17.1 Å². The Kier molecular flexibility index (Phi) is 3.58. The standard InChI is InChI=1S/C21H18FN5O2/c1-20(29)15-12(6-11-24-18(15)25-19(20)28)16-13-4-2-5-14(22)17(13)27(26-16)21(9-10-23)7-3-8-21/h2,4-6,11,29H,3,7-9H2,1H3,(H,24,25,28)/t20-/m0/s1. The van der Waals surface area contributed by atoms with Crippen LogP contribution in [0.4, 0.5) is 10.2 Å². The van der Waals surface area contributed by atoms with Crippen LogP contribution >= 0.6 is 0 Å². The van der Waals surface area contributed by atoms with Crippen molar-refractivity contribution in [1.82, 2.24) is 14.8 Å². The van der Waals surface area contributed by atoms with Gasteiger partial charge in [-0.05, 0) is 38.3 Å². The SMILES string of the molecule is C[C@@]1(O)C(=O)Nc2nccc(-c3nn(C4(CC#N)CCC4)c4c(F)cccc34)c21. The number of aliphatic hydroxyl groups is 1. The van der Waals surface area contributed by atoms with E-state index in [1.807, 2.05) is 0 Å². The number of nitrogens with one attached hydrogen (secondary N) is 1. The molecule has 0 saturated heterocycles. The second-order valence-corrected chi connectivity index (χ2v) is 7.92. The Morgan fingerprint density at radius 3 is 2.86 bits per heavy atom. The van der Waals surface area contributed by atoms with Gasteiger partial charge in [-0.1, -0.05) is 12.1 Å². The number of aromatic nitrogens is 3. The molecule has 1 fully saturated rings. The van der Waals surface area contributed by atoms with Gasteiger partial charge in [-0.2, -0.15) is 10.4 Å². The molecule has 1 aliphatic heterocycles. The van der Waals surface area contributed by atoms with Gasteiger partial charge in [0, 0.05) is 22.7 Å². The van der Waals surface area contributed by atoms with Crippen molar-refractivity contribution < 1.29 is 14.3 Å². The fourth-order valence-electron chi connectivity index (χ4n) is 4.45. The predicted octanol–water partition coefficient (Wildman–Crippen LogP) is 3.19. The molecule has 1 amide bonds. The van der Waals surface area contributed by atoms with Crippen LogP contribution in [0.15, 0.2) is 30.5 Å². The minimum Gasteiger partial charge on any atom is -0.375 e. The number of hydrogen-bond donors (Lipinski definition) is 2. The third-order valence-electron chi connectivity index (χ3n) is 6.16. The van der Waals surface area contributed by atoms with Crippen LogP contribution in [-0.2, 0) is 15.9 Å². The molecule has 0 spiro atoms. The van der Waals surface area contributed by atoms with E-state index in [9.17, 15) is 19.6 Å². The monoisotopic (exact) mass is 391 g/mol. The summed E-state index contributed by atoms with van der Waals surface area (Å²) < 4.78 is 16.6. The number of benzene rings is 1. The fourth-order valence-corrected chi connectivity index (χ4v) is 4.45. The number of pyridine rings is 1. The molecule has 5 rings (SSSR count). The molecule has 1 saturated carbocycles. The van der Waals surface area contributed by atoms with E-state index >= 15 is 0 Å². The van der Waals surface area contributed by atoms with Crippen LogP contribution in [0.1, 0.15) is 38.2 Å². The number of carbonyl (C=O) groups excluding carboxylic acids is 1. The average molecular weight is 391 g/mol. The van der Waals surface area contributed by atoms with Gasteiger partial charge in [0.25, 0.3) is 5.91 Å². The summed E-state index contributed by atoms with van der Waals surface area (Å²) in [5.41, 5.74) is -0.689. The van der Waals surface area contributed by atoms with E-state index < -0.39 is 22.9 Å². The van der Waals surface area contributed by atoms with Crippen molar-refractivity contribution in [1.29, 1.82) is 5.26 Å². The first kappa shape index (κ1) is 17.8. The zero-order valence-corrected chi connectivity index (χ0v) is 15.7. The van der Waals surface area contributed by atoms with Gasteiger partial charge < -0.3 is 10.4 Å². The van der Waals surface area contributed by atoms with Crippen LogP contribution in [0.2, 0.25) is 0 Å². The highest BCUT2D eigenvalue weighted by Crippen LogP contribution is 2.47.